The van der Waals surface area contributed by atoms with Crippen LogP contribution in [0.4, 0.5) is 132 Å². The minimum atomic E-state index is -8.62. The molecule has 0 saturated heterocycles. The molecule has 4 amide bonds. The lowest BCUT2D eigenvalue weighted by Crippen LogP contribution is -2.74. The van der Waals surface area contributed by atoms with Gasteiger partial charge in [0.05, 0.1) is 47.9 Å². The van der Waals surface area contributed by atoms with E-state index in [0.717, 1.165) is 10.6 Å². The Morgan fingerprint density at radius 3 is 0.988 bits per heavy atom. The average molecular weight is 1250 g/mol. The van der Waals surface area contributed by atoms with Crippen molar-refractivity contribution in [3.05, 3.63) is 0 Å². The van der Waals surface area contributed by atoms with Gasteiger partial charge >= 0.3 is 89.4 Å². The van der Waals surface area contributed by atoms with Gasteiger partial charge in [-0.2, -0.15) is 132 Å². The number of hydrogen-bond acceptors (Lipinski definition) is 6. The van der Waals surface area contributed by atoms with Gasteiger partial charge in [0.15, 0.2) is 13.1 Å². The van der Waals surface area contributed by atoms with Crippen molar-refractivity contribution in [2.75, 3.05) is 80.6 Å². The average Bonchev–Trinajstić information content (AvgIpc) is 3.26. The Bertz CT molecular complexity index is 2150. The van der Waals surface area contributed by atoms with Crippen molar-refractivity contribution in [3.63, 3.8) is 0 Å². The van der Waals surface area contributed by atoms with Gasteiger partial charge in [0.1, 0.15) is 6.04 Å². The fourth-order valence-corrected chi connectivity index (χ4v) is 6.28. The van der Waals surface area contributed by atoms with Crippen molar-refractivity contribution < 1.29 is 169 Å². The third-order valence-corrected chi connectivity index (χ3v) is 11.0. The minimum Gasteiger partial charge on any atom is -0.464 e. The van der Waals surface area contributed by atoms with E-state index in [2.05, 4.69) is 10.6 Å². The molecule has 1 atom stereocenters. The van der Waals surface area contributed by atoms with Crippen molar-refractivity contribution in [3.8, 4) is 0 Å². The van der Waals surface area contributed by atoms with E-state index in [4.69, 9.17) is 4.74 Å². The zero-order chi connectivity index (χ0) is 64.2. The van der Waals surface area contributed by atoms with E-state index in [-0.39, 0.29) is 32.4 Å². The minimum absolute atomic E-state index is 0.0119. The fourth-order valence-electron chi connectivity index (χ4n) is 6.28. The monoisotopic (exact) mass is 1250 g/mol. The van der Waals surface area contributed by atoms with Gasteiger partial charge in [-0.3, -0.25) is 19.2 Å². The molecule has 0 bridgehead atoms. The van der Waals surface area contributed by atoms with Crippen LogP contribution in [0.15, 0.2) is 0 Å². The van der Waals surface area contributed by atoms with Crippen LogP contribution in [-0.2, 0) is 28.7 Å². The van der Waals surface area contributed by atoms with Crippen molar-refractivity contribution in [2.45, 2.75) is 128 Å². The highest BCUT2D eigenvalue weighted by molar-refractivity contribution is 5.86. The van der Waals surface area contributed by atoms with Gasteiger partial charge < -0.3 is 35.0 Å². The van der Waals surface area contributed by atoms with Crippen molar-refractivity contribution in [1.29, 1.82) is 0 Å². The lowest BCUT2D eigenvalue weighted by Gasteiger charge is -2.41. The molecule has 0 aliphatic rings. The Kier molecular flexibility index (Phi) is 23.1. The smallest absolute Gasteiger partial charge is 0.460 e. The molecule has 0 aromatic carbocycles. The van der Waals surface area contributed by atoms with Crippen molar-refractivity contribution in [1.82, 2.24) is 21.3 Å². The Morgan fingerprint density at radius 1 is 0.388 bits per heavy atom. The van der Waals surface area contributed by atoms with Gasteiger partial charge in [0, 0.05) is 32.5 Å². The summed E-state index contributed by atoms with van der Waals surface area (Å²) in [5.74, 6) is -108. The summed E-state index contributed by atoms with van der Waals surface area (Å²) in [5, 5.41) is 6.25. The summed E-state index contributed by atoms with van der Waals surface area (Å²) in [5.41, 5.74) is 0. The highest BCUT2D eigenvalue weighted by atomic mass is 19.4. The summed E-state index contributed by atoms with van der Waals surface area (Å²) >= 11 is 0. The first kappa shape index (κ1) is 75.2. The summed E-state index contributed by atoms with van der Waals surface area (Å²) in [6, 6.07) is -1.47. The first-order valence-corrected chi connectivity index (χ1v) is 21.7. The number of halogens is 30. The molecular formula is C38H46F30N6O6+2. The SMILES string of the molecule is CCOC(=O)[C@H](CCCCNC(=O)C[N+](C)(C)CCCNC(=O)C(F)(F)C(F)(F)C(F)(F)C(F)(F)C(F)(F)C(F)(F)C(F)(F)F)NC(=O)C[N+](C)(C)CCCNC(=O)C(F)(F)C(F)(F)C(F)(F)C(F)(F)C(F)(F)C(F)(F)C(F)(F)F. The second kappa shape index (κ2) is 24.6. The van der Waals surface area contributed by atoms with E-state index in [1.54, 1.807) is 0 Å². The molecule has 0 saturated carbocycles. The van der Waals surface area contributed by atoms with Crippen LogP contribution in [0.25, 0.3) is 0 Å². The molecular weight excluding hydrogens is 1210 g/mol. The van der Waals surface area contributed by atoms with Gasteiger partial charge in [0.2, 0.25) is 0 Å². The first-order valence-electron chi connectivity index (χ1n) is 21.7. The number of hydrogen-bond donors (Lipinski definition) is 4. The highest BCUT2D eigenvalue weighted by Crippen LogP contribution is 2.64. The zero-order valence-electron chi connectivity index (χ0n) is 41.0. The summed E-state index contributed by atoms with van der Waals surface area (Å²) in [6.07, 6.45) is -17.4. The predicted molar refractivity (Wildman–Crippen MR) is 206 cm³/mol. The Hall–Kier alpha value is -4.83. The molecule has 0 aliphatic carbocycles. The Morgan fingerprint density at radius 2 is 0.675 bits per heavy atom. The first-order chi connectivity index (χ1) is 35.1. The van der Waals surface area contributed by atoms with Crippen LogP contribution in [0.1, 0.15) is 39.0 Å². The van der Waals surface area contributed by atoms with Gasteiger partial charge in [-0.05, 0) is 26.2 Å². The second-order valence-corrected chi connectivity index (χ2v) is 18.5. The van der Waals surface area contributed by atoms with Crippen LogP contribution in [0.3, 0.4) is 0 Å². The lowest BCUT2D eigenvalue weighted by atomic mass is 9.91. The normalized spacial score (nSPS) is 15.3. The number of nitrogens with zero attached hydrogens (tertiary/aromatic N) is 2. The number of ether oxygens (including phenoxy) is 1. The van der Waals surface area contributed by atoms with Crippen LogP contribution in [0, 0.1) is 0 Å². The van der Waals surface area contributed by atoms with E-state index in [0.29, 0.717) is 0 Å². The molecule has 0 radical (unpaired) electrons. The number of esters is 1. The standard InChI is InChI=1S/C38H44F30N6O6/c1-6-80-22(77)19(72-21(76)18-74(4,5)16-10-14-71-24(79)26(41,42)28(45,46)30(49,50)32(53,54)34(57,58)36(61,62)38(66,67)68)11-7-8-12-69-20(75)17-73(2,3)15-9-13-70-23(78)25(39,40)27(43,44)29(47,48)31(51,52)33(55,56)35(59,60)37(63,64)65/h19H,6-18H2,1-5H3,(H2-2,69,70,71,72,75,76,78,79)/p+2/t19-/m0/s1. The molecule has 0 spiro atoms. The van der Waals surface area contributed by atoms with E-state index in [1.807, 2.05) is 0 Å². The predicted octanol–water partition coefficient (Wildman–Crippen LogP) is 8.23. The maximum absolute atomic E-state index is 14.2. The number of rotatable bonds is 32. The van der Waals surface area contributed by atoms with Gasteiger partial charge in [-0.1, -0.05) is 0 Å². The van der Waals surface area contributed by atoms with Gasteiger partial charge in [-0.15, -0.1) is 0 Å². The maximum atomic E-state index is 14.2. The fraction of sp³-hybridized carbons (Fsp3) is 0.868. The molecule has 80 heavy (non-hydrogen) atoms. The Balaban J connectivity index is 5.43. The lowest BCUT2D eigenvalue weighted by molar-refractivity contribution is -0.882. The van der Waals surface area contributed by atoms with Gasteiger partial charge in [0.25, 0.3) is 23.6 Å². The zero-order valence-corrected chi connectivity index (χ0v) is 41.0. The van der Waals surface area contributed by atoms with Crippen LogP contribution in [0.5, 0.6) is 0 Å². The maximum Gasteiger partial charge on any atom is 0.460 e. The highest BCUT2D eigenvalue weighted by Gasteiger charge is 2.95. The van der Waals surface area contributed by atoms with Crippen LogP contribution < -0.4 is 21.3 Å². The molecule has 0 aromatic heterocycles. The summed E-state index contributed by atoms with van der Waals surface area (Å²) in [7, 11) is 4.76. The van der Waals surface area contributed by atoms with Crippen LogP contribution >= 0.6 is 0 Å². The number of unbranched alkanes of at least 4 members (excludes halogenated alkanes) is 1. The number of amides is 4. The van der Waals surface area contributed by atoms with Crippen LogP contribution in [-0.4, -0.2) is 209 Å². The largest absolute Gasteiger partial charge is 0.464 e. The second-order valence-electron chi connectivity index (χ2n) is 18.5. The summed E-state index contributed by atoms with van der Waals surface area (Å²) < 4.78 is 407. The molecule has 42 heteroatoms. The third kappa shape index (κ3) is 14.9. The third-order valence-electron chi connectivity index (χ3n) is 11.0. The van der Waals surface area contributed by atoms with E-state index in [1.165, 1.54) is 35.1 Å². The molecule has 4 N–H and O–H groups in total. The Labute approximate surface area is 429 Å². The molecule has 0 aromatic rings. The van der Waals surface area contributed by atoms with Crippen LogP contribution in [0.2, 0.25) is 0 Å². The number of carbonyl (C=O) groups is 5. The van der Waals surface area contributed by atoms with E-state index in [9.17, 15) is 156 Å². The van der Waals surface area contributed by atoms with Crippen molar-refractivity contribution >= 4 is 29.6 Å². The van der Waals surface area contributed by atoms with Gasteiger partial charge in [-0.25, -0.2) is 4.79 Å². The summed E-state index contributed by atoms with van der Waals surface area (Å²) in [6.45, 7) is -3.94. The number of nitrogens with one attached hydrogen (secondary N) is 4. The molecule has 472 valence electrons. The van der Waals surface area contributed by atoms with E-state index >= 15 is 0 Å². The number of carbonyl (C=O) groups excluding carboxylic acids is 5. The molecule has 0 fully saturated rings. The molecule has 0 unspecified atom stereocenters. The molecule has 0 rings (SSSR count). The van der Waals surface area contributed by atoms with Crippen molar-refractivity contribution in [2.24, 2.45) is 0 Å². The number of likely N-dealkylation sites (N-methyl/N-ethyl adjacent to an activating group) is 2. The number of quaternary nitrogens is 2. The number of alkyl halides is 30. The summed E-state index contributed by atoms with van der Waals surface area (Å²) in [4.78, 5) is 61.4. The van der Waals surface area contributed by atoms with E-state index < -0.39 is 180 Å². The molecule has 0 heterocycles. The topological polar surface area (TPSA) is 143 Å². The molecule has 12 nitrogen and oxygen atoms in total. The quantitative estimate of drug-likeness (QED) is 0.0232. The molecule has 0 aliphatic heterocycles.